The van der Waals surface area contributed by atoms with E-state index in [0.29, 0.717) is 25.4 Å². The molecule has 0 rings (SSSR count). The Morgan fingerprint density at radius 3 is 1.91 bits per heavy atom. The van der Waals surface area contributed by atoms with E-state index in [1.807, 2.05) is 13.8 Å². The first kappa shape index (κ1) is 21.9. The molecule has 0 aliphatic carbocycles. The molecule has 0 aromatic heterocycles. The molecule has 0 aromatic rings. The van der Waals surface area contributed by atoms with Crippen molar-refractivity contribution in [3.05, 3.63) is 0 Å². The number of carbonyl (C=O) groups excluding carboxylic acids is 2. The second-order valence-corrected chi connectivity index (χ2v) is 6.86. The van der Waals surface area contributed by atoms with Gasteiger partial charge in [-0.3, -0.25) is 9.59 Å². The average Bonchev–Trinajstić information content (AvgIpc) is 2.49. The highest BCUT2D eigenvalue weighted by Crippen LogP contribution is 2.30. The van der Waals surface area contributed by atoms with E-state index in [0.717, 1.165) is 18.8 Å². The number of hydrogen-bond donors (Lipinski definition) is 0. The molecule has 0 amide bonds. The Bertz CT molecular complexity index is 345. The zero-order chi connectivity index (χ0) is 17.9. The Morgan fingerprint density at radius 1 is 0.870 bits per heavy atom. The Hall–Kier alpha value is -1.06. The van der Waals surface area contributed by atoms with Gasteiger partial charge in [-0.25, -0.2) is 0 Å². The number of esters is 2. The zero-order valence-electron chi connectivity index (χ0n) is 15.9. The predicted octanol–water partition coefficient (Wildman–Crippen LogP) is 4.75. The molecule has 0 spiro atoms. The Morgan fingerprint density at radius 2 is 1.43 bits per heavy atom. The van der Waals surface area contributed by atoms with Gasteiger partial charge >= 0.3 is 11.9 Å². The van der Waals surface area contributed by atoms with Gasteiger partial charge in [0, 0.05) is 0 Å². The number of rotatable bonds is 12. The quantitative estimate of drug-likeness (QED) is 0.383. The van der Waals surface area contributed by atoms with Crippen molar-refractivity contribution >= 4 is 11.9 Å². The molecular formula is C19H36O4. The van der Waals surface area contributed by atoms with Crippen LogP contribution in [0.3, 0.4) is 0 Å². The van der Waals surface area contributed by atoms with Crippen molar-refractivity contribution in [3.8, 4) is 0 Å². The molecule has 4 nitrogen and oxygen atoms in total. The van der Waals surface area contributed by atoms with Gasteiger partial charge in [0.05, 0.1) is 13.2 Å². The standard InChI is InChI=1S/C19H36O4/c1-7-19(8-2,17(20)22-9-3)18(21)23-14-13-16(6)12-10-11-15(4)5/h15-16H,7-14H2,1-6H3. The molecule has 4 heteroatoms. The lowest BCUT2D eigenvalue weighted by Crippen LogP contribution is -2.41. The van der Waals surface area contributed by atoms with Gasteiger partial charge in [-0.2, -0.15) is 0 Å². The fourth-order valence-electron chi connectivity index (χ4n) is 2.69. The van der Waals surface area contributed by atoms with Gasteiger partial charge in [-0.15, -0.1) is 0 Å². The summed E-state index contributed by atoms with van der Waals surface area (Å²) in [7, 11) is 0. The fourth-order valence-corrected chi connectivity index (χ4v) is 2.69. The SMILES string of the molecule is CCOC(=O)C(CC)(CC)C(=O)OCCC(C)CCCC(C)C. The molecule has 0 N–H and O–H groups in total. The smallest absolute Gasteiger partial charge is 0.323 e. The van der Waals surface area contributed by atoms with Crippen LogP contribution in [0.4, 0.5) is 0 Å². The molecule has 23 heavy (non-hydrogen) atoms. The molecule has 1 unspecified atom stereocenters. The largest absolute Gasteiger partial charge is 0.465 e. The zero-order valence-corrected chi connectivity index (χ0v) is 15.9. The summed E-state index contributed by atoms with van der Waals surface area (Å²) in [5, 5.41) is 0. The first-order chi connectivity index (χ1) is 10.8. The first-order valence-electron chi connectivity index (χ1n) is 9.18. The molecule has 0 radical (unpaired) electrons. The van der Waals surface area contributed by atoms with Crippen LogP contribution in [-0.2, 0) is 19.1 Å². The molecule has 1 atom stereocenters. The van der Waals surface area contributed by atoms with Crippen LogP contribution in [0, 0.1) is 17.3 Å². The van der Waals surface area contributed by atoms with Crippen LogP contribution < -0.4 is 0 Å². The van der Waals surface area contributed by atoms with Crippen LogP contribution in [-0.4, -0.2) is 25.2 Å². The summed E-state index contributed by atoms with van der Waals surface area (Å²) >= 11 is 0. The van der Waals surface area contributed by atoms with Gasteiger partial charge in [0.1, 0.15) is 0 Å². The summed E-state index contributed by atoms with van der Waals surface area (Å²) in [5.74, 6) is 0.372. The molecule has 0 fully saturated rings. The third kappa shape index (κ3) is 7.36. The van der Waals surface area contributed by atoms with Crippen molar-refractivity contribution in [3.63, 3.8) is 0 Å². The normalized spacial score (nSPS) is 13.0. The van der Waals surface area contributed by atoms with E-state index in [1.165, 1.54) is 12.8 Å². The molecule has 0 bridgehead atoms. The van der Waals surface area contributed by atoms with Crippen LogP contribution in [0.25, 0.3) is 0 Å². The maximum atomic E-state index is 12.4. The lowest BCUT2D eigenvalue weighted by atomic mass is 9.82. The van der Waals surface area contributed by atoms with Crippen molar-refractivity contribution in [2.75, 3.05) is 13.2 Å². The average molecular weight is 328 g/mol. The Balaban J connectivity index is 4.35. The van der Waals surface area contributed by atoms with E-state index in [4.69, 9.17) is 9.47 Å². The Kier molecular flexibility index (Phi) is 10.9. The lowest BCUT2D eigenvalue weighted by Gasteiger charge is -2.26. The van der Waals surface area contributed by atoms with E-state index in [2.05, 4.69) is 20.8 Å². The minimum atomic E-state index is -1.14. The first-order valence-corrected chi connectivity index (χ1v) is 9.18. The van der Waals surface area contributed by atoms with Gasteiger partial charge in [0.2, 0.25) is 0 Å². The molecule has 0 saturated carbocycles. The van der Waals surface area contributed by atoms with E-state index in [-0.39, 0.29) is 6.61 Å². The van der Waals surface area contributed by atoms with Crippen molar-refractivity contribution in [1.29, 1.82) is 0 Å². The number of carbonyl (C=O) groups is 2. The highest BCUT2D eigenvalue weighted by molar-refractivity contribution is 5.99. The van der Waals surface area contributed by atoms with Crippen LogP contribution in [0.15, 0.2) is 0 Å². The predicted molar refractivity (Wildman–Crippen MR) is 93.1 cm³/mol. The highest BCUT2D eigenvalue weighted by atomic mass is 16.6. The summed E-state index contributed by atoms with van der Waals surface area (Å²) in [5.41, 5.74) is -1.14. The molecule has 0 saturated heterocycles. The third-order valence-electron chi connectivity index (χ3n) is 4.59. The van der Waals surface area contributed by atoms with Crippen molar-refractivity contribution < 1.29 is 19.1 Å². The molecule has 0 heterocycles. The summed E-state index contributed by atoms with van der Waals surface area (Å²) in [4.78, 5) is 24.6. The fraction of sp³-hybridized carbons (Fsp3) is 0.895. The second kappa shape index (κ2) is 11.5. The van der Waals surface area contributed by atoms with Gasteiger partial charge in [-0.1, -0.05) is 53.9 Å². The van der Waals surface area contributed by atoms with E-state index in [1.54, 1.807) is 6.92 Å². The van der Waals surface area contributed by atoms with Gasteiger partial charge in [0.25, 0.3) is 0 Å². The highest BCUT2D eigenvalue weighted by Gasteiger charge is 2.45. The molecule has 0 aliphatic rings. The number of hydrogen-bond acceptors (Lipinski definition) is 4. The van der Waals surface area contributed by atoms with Crippen LogP contribution >= 0.6 is 0 Å². The van der Waals surface area contributed by atoms with E-state index in [9.17, 15) is 9.59 Å². The summed E-state index contributed by atoms with van der Waals surface area (Å²) in [6, 6.07) is 0. The van der Waals surface area contributed by atoms with Crippen LogP contribution in [0.2, 0.25) is 0 Å². The summed E-state index contributed by atoms with van der Waals surface area (Å²) in [6.45, 7) is 12.7. The topological polar surface area (TPSA) is 52.6 Å². The van der Waals surface area contributed by atoms with E-state index < -0.39 is 17.4 Å². The maximum Gasteiger partial charge on any atom is 0.323 e. The summed E-state index contributed by atoms with van der Waals surface area (Å²) in [6.07, 6.45) is 5.26. The van der Waals surface area contributed by atoms with Crippen molar-refractivity contribution in [1.82, 2.24) is 0 Å². The van der Waals surface area contributed by atoms with Gasteiger partial charge in [0.15, 0.2) is 5.41 Å². The molecule has 0 aliphatic heterocycles. The lowest BCUT2D eigenvalue weighted by molar-refractivity contribution is -0.173. The van der Waals surface area contributed by atoms with E-state index >= 15 is 0 Å². The van der Waals surface area contributed by atoms with Crippen LogP contribution in [0.5, 0.6) is 0 Å². The minimum absolute atomic E-state index is 0.279. The monoisotopic (exact) mass is 328 g/mol. The Labute approximate surface area is 142 Å². The van der Waals surface area contributed by atoms with Crippen molar-refractivity contribution in [2.45, 2.75) is 80.1 Å². The number of ether oxygens (including phenoxy) is 2. The molecular weight excluding hydrogens is 292 g/mol. The molecule has 0 aromatic carbocycles. The van der Waals surface area contributed by atoms with Gasteiger partial charge < -0.3 is 9.47 Å². The minimum Gasteiger partial charge on any atom is -0.465 e. The molecule has 136 valence electrons. The second-order valence-electron chi connectivity index (χ2n) is 6.86. The summed E-state index contributed by atoms with van der Waals surface area (Å²) < 4.78 is 10.5. The third-order valence-corrected chi connectivity index (χ3v) is 4.59. The van der Waals surface area contributed by atoms with Crippen molar-refractivity contribution in [2.24, 2.45) is 17.3 Å². The van der Waals surface area contributed by atoms with Gasteiger partial charge in [-0.05, 0) is 38.0 Å². The maximum absolute atomic E-state index is 12.4. The van der Waals surface area contributed by atoms with Crippen LogP contribution in [0.1, 0.15) is 80.1 Å².